The molecule has 1 unspecified atom stereocenters. The van der Waals surface area contributed by atoms with Gasteiger partial charge in [0.2, 0.25) is 0 Å². The Morgan fingerprint density at radius 1 is 1.42 bits per heavy atom. The molecule has 1 aromatic heterocycles. The second-order valence-corrected chi connectivity index (χ2v) is 5.55. The van der Waals surface area contributed by atoms with Crippen molar-refractivity contribution in [3.8, 4) is 17.1 Å². The maximum atomic E-state index is 12.2. The molecule has 1 heterocycles. The summed E-state index contributed by atoms with van der Waals surface area (Å²) in [7, 11) is 1.56. The molecule has 2 aromatic rings. The number of methoxy groups -OCH3 is 1. The van der Waals surface area contributed by atoms with Gasteiger partial charge in [-0.25, -0.2) is 9.78 Å². The summed E-state index contributed by atoms with van der Waals surface area (Å²) < 4.78 is 5.15. The number of aryl methyl sites for hydroxylation is 1. The number of aromatic nitrogens is 2. The van der Waals surface area contributed by atoms with E-state index in [0.29, 0.717) is 17.3 Å². The van der Waals surface area contributed by atoms with Gasteiger partial charge in [0, 0.05) is 11.3 Å². The molecule has 8 heteroatoms. The fraction of sp³-hybridized carbons (Fsp3) is 0.312. The van der Waals surface area contributed by atoms with Gasteiger partial charge in [-0.2, -0.15) is 0 Å². The van der Waals surface area contributed by atoms with E-state index in [1.807, 2.05) is 6.07 Å². The number of H-pyrrole nitrogens is 1. The van der Waals surface area contributed by atoms with Gasteiger partial charge in [-0.1, -0.05) is 12.1 Å². The van der Waals surface area contributed by atoms with E-state index in [9.17, 15) is 14.7 Å². The molecule has 0 aliphatic carbocycles. The lowest BCUT2D eigenvalue weighted by molar-refractivity contribution is -0.155. The third kappa shape index (κ3) is 3.72. The first kappa shape index (κ1) is 17.5. The van der Waals surface area contributed by atoms with Gasteiger partial charge in [0.1, 0.15) is 17.3 Å². The topological polar surface area (TPSA) is 125 Å². The Kier molecular flexibility index (Phi) is 4.89. The van der Waals surface area contributed by atoms with E-state index in [0.717, 1.165) is 12.5 Å². The van der Waals surface area contributed by atoms with Crippen LogP contribution in [0.15, 0.2) is 24.3 Å². The number of aliphatic hydroxyl groups is 1. The number of carboxylic acid groups (broad SMARTS) is 1. The highest BCUT2D eigenvalue weighted by molar-refractivity contribution is 5.94. The van der Waals surface area contributed by atoms with E-state index in [1.165, 1.54) is 0 Å². The highest BCUT2D eigenvalue weighted by Gasteiger charge is 2.31. The number of nitrogens with one attached hydrogen (secondary N) is 2. The fourth-order valence-corrected chi connectivity index (χ4v) is 2.00. The number of aromatic amines is 1. The molecule has 0 aliphatic rings. The molecule has 4 N–H and O–H groups in total. The van der Waals surface area contributed by atoms with Gasteiger partial charge < -0.3 is 25.3 Å². The van der Waals surface area contributed by atoms with Crippen LogP contribution in [0, 0.1) is 6.92 Å². The minimum atomic E-state index is -2.05. The minimum absolute atomic E-state index is 0.133. The molecule has 2 rings (SSSR count). The predicted molar refractivity (Wildman–Crippen MR) is 85.9 cm³/mol. The number of carboxylic acids is 1. The molecule has 0 spiro atoms. The molecular weight excluding hydrogens is 314 g/mol. The first-order valence-electron chi connectivity index (χ1n) is 7.19. The lowest BCUT2D eigenvalue weighted by atomic mass is 10.1. The average molecular weight is 333 g/mol. The fourth-order valence-electron chi connectivity index (χ4n) is 2.00. The molecule has 0 saturated heterocycles. The van der Waals surface area contributed by atoms with Gasteiger partial charge in [-0.05, 0) is 26.0 Å². The summed E-state index contributed by atoms with van der Waals surface area (Å²) in [5.74, 6) is -0.843. The molecule has 0 bridgehead atoms. The Hall–Kier alpha value is -2.87. The SMILES string of the molecule is COc1cccc(-c2nc(C(=O)NCC(C)(O)C(=O)O)c(C)[nH]2)c1. The van der Waals surface area contributed by atoms with Crippen molar-refractivity contribution >= 4 is 11.9 Å². The first-order chi connectivity index (χ1) is 11.2. The lowest BCUT2D eigenvalue weighted by Gasteiger charge is -2.17. The number of hydrogen-bond acceptors (Lipinski definition) is 5. The first-order valence-corrected chi connectivity index (χ1v) is 7.19. The van der Waals surface area contributed by atoms with Crippen molar-refractivity contribution in [2.75, 3.05) is 13.7 Å². The van der Waals surface area contributed by atoms with Gasteiger partial charge in [-0.3, -0.25) is 4.79 Å². The molecule has 1 atom stereocenters. The van der Waals surface area contributed by atoms with Crippen molar-refractivity contribution in [3.63, 3.8) is 0 Å². The van der Waals surface area contributed by atoms with E-state index in [1.54, 1.807) is 32.2 Å². The predicted octanol–water partition coefficient (Wildman–Crippen LogP) is 0.959. The molecule has 128 valence electrons. The van der Waals surface area contributed by atoms with Crippen molar-refractivity contribution in [1.82, 2.24) is 15.3 Å². The summed E-state index contributed by atoms with van der Waals surface area (Å²) in [5, 5.41) is 20.9. The number of benzene rings is 1. The van der Waals surface area contributed by atoms with Crippen LogP contribution in [-0.2, 0) is 4.79 Å². The van der Waals surface area contributed by atoms with E-state index >= 15 is 0 Å². The number of carbonyl (C=O) groups is 2. The Labute approximate surface area is 138 Å². The monoisotopic (exact) mass is 333 g/mol. The van der Waals surface area contributed by atoms with Crippen molar-refractivity contribution in [1.29, 1.82) is 0 Å². The molecule has 0 aliphatic heterocycles. The third-order valence-corrected chi connectivity index (χ3v) is 3.50. The standard InChI is InChI=1S/C16H19N3O5/c1-9-12(14(20)17-8-16(2,23)15(21)22)19-13(18-9)10-5-4-6-11(7-10)24-3/h4-7,23H,8H2,1-3H3,(H,17,20)(H,18,19)(H,21,22). The second kappa shape index (κ2) is 6.71. The molecule has 0 fully saturated rings. The molecule has 1 amide bonds. The number of imidazole rings is 1. The van der Waals surface area contributed by atoms with Crippen LogP contribution in [0.3, 0.4) is 0 Å². The van der Waals surface area contributed by atoms with Crippen LogP contribution in [0.25, 0.3) is 11.4 Å². The zero-order valence-corrected chi connectivity index (χ0v) is 13.6. The van der Waals surface area contributed by atoms with E-state index < -0.39 is 24.0 Å². The van der Waals surface area contributed by atoms with Crippen molar-refractivity contribution in [2.24, 2.45) is 0 Å². The molecular formula is C16H19N3O5. The molecule has 24 heavy (non-hydrogen) atoms. The smallest absolute Gasteiger partial charge is 0.337 e. The number of ether oxygens (including phenoxy) is 1. The third-order valence-electron chi connectivity index (χ3n) is 3.50. The Bertz CT molecular complexity index is 767. The summed E-state index contributed by atoms with van der Waals surface area (Å²) >= 11 is 0. The highest BCUT2D eigenvalue weighted by atomic mass is 16.5. The maximum Gasteiger partial charge on any atom is 0.337 e. The maximum absolute atomic E-state index is 12.2. The average Bonchev–Trinajstić information content (AvgIpc) is 2.94. The van der Waals surface area contributed by atoms with Crippen LogP contribution in [-0.4, -0.2) is 51.3 Å². The van der Waals surface area contributed by atoms with Gasteiger partial charge in [0.05, 0.1) is 13.7 Å². The van der Waals surface area contributed by atoms with E-state index in [2.05, 4.69) is 15.3 Å². The van der Waals surface area contributed by atoms with Crippen LogP contribution in [0.2, 0.25) is 0 Å². The number of amides is 1. The minimum Gasteiger partial charge on any atom is -0.497 e. The zero-order chi connectivity index (χ0) is 17.9. The summed E-state index contributed by atoms with van der Waals surface area (Å²) in [6.07, 6.45) is 0. The van der Waals surface area contributed by atoms with Gasteiger partial charge in [-0.15, -0.1) is 0 Å². The van der Waals surface area contributed by atoms with Crippen molar-refractivity contribution < 1.29 is 24.5 Å². The number of carbonyl (C=O) groups excluding carboxylic acids is 1. The zero-order valence-electron chi connectivity index (χ0n) is 13.6. The van der Waals surface area contributed by atoms with Crippen LogP contribution in [0.5, 0.6) is 5.75 Å². The largest absolute Gasteiger partial charge is 0.497 e. The normalized spacial score (nSPS) is 13.2. The van der Waals surface area contributed by atoms with Gasteiger partial charge in [0.25, 0.3) is 5.91 Å². The summed E-state index contributed by atoms with van der Waals surface area (Å²) in [4.78, 5) is 30.3. The van der Waals surface area contributed by atoms with Crippen LogP contribution < -0.4 is 10.1 Å². The second-order valence-electron chi connectivity index (χ2n) is 5.55. The van der Waals surface area contributed by atoms with E-state index in [-0.39, 0.29) is 5.69 Å². The number of hydrogen-bond donors (Lipinski definition) is 4. The quantitative estimate of drug-likeness (QED) is 0.624. The Balaban J connectivity index is 2.19. The Morgan fingerprint density at radius 3 is 2.75 bits per heavy atom. The molecule has 0 radical (unpaired) electrons. The number of nitrogens with zero attached hydrogens (tertiary/aromatic N) is 1. The molecule has 8 nitrogen and oxygen atoms in total. The number of aliphatic carboxylic acids is 1. The van der Waals surface area contributed by atoms with E-state index in [4.69, 9.17) is 9.84 Å². The summed E-state index contributed by atoms with van der Waals surface area (Å²) in [6.45, 7) is 2.36. The van der Waals surface area contributed by atoms with Crippen LogP contribution in [0.4, 0.5) is 0 Å². The summed E-state index contributed by atoms with van der Waals surface area (Å²) in [6, 6.07) is 7.18. The van der Waals surface area contributed by atoms with Gasteiger partial charge >= 0.3 is 5.97 Å². The van der Waals surface area contributed by atoms with Crippen LogP contribution in [0.1, 0.15) is 23.1 Å². The summed E-state index contributed by atoms with van der Waals surface area (Å²) in [5.41, 5.74) is -0.640. The van der Waals surface area contributed by atoms with Crippen molar-refractivity contribution in [3.05, 3.63) is 35.7 Å². The van der Waals surface area contributed by atoms with Gasteiger partial charge in [0.15, 0.2) is 5.60 Å². The van der Waals surface area contributed by atoms with Crippen LogP contribution >= 0.6 is 0 Å². The van der Waals surface area contributed by atoms with Crippen molar-refractivity contribution in [2.45, 2.75) is 19.4 Å². The molecule has 1 aromatic carbocycles. The molecule has 0 saturated carbocycles. The Morgan fingerprint density at radius 2 is 2.12 bits per heavy atom. The lowest BCUT2D eigenvalue weighted by Crippen LogP contribution is -2.46. The number of rotatable bonds is 6. The highest BCUT2D eigenvalue weighted by Crippen LogP contribution is 2.22.